The van der Waals surface area contributed by atoms with E-state index in [4.69, 9.17) is 4.84 Å². The fraction of sp³-hybridized carbons (Fsp3) is 0.429. The van der Waals surface area contributed by atoms with Crippen LogP contribution in [0, 0.1) is 6.92 Å². The summed E-state index contributed by atoms with van der Waals surface area (Å²) in [6.45, 7) is 4.05. The maximum absolute atomic E-state index is 11.2. The molecule has 0 atom stereocenters. The van der Waals surface area contributed by atoms with Gasteiger partial charge in [-0.15, -0.1) is 0 Å². The summed E-state index contributed by atoms with van der Waals surface area (Å²) in [4.78, 5) is 16.0. The van der Waals surface area contributed by atoms with E-state index < -0.39 is 0 Å². The van der Waals surface area contributed by atoms with E-state index in [2.05, 4.69) is 9.85 Å². The highest BCUT2D eigenvalue weighted by molar-refractivity contribution is 7.03. The standard InChI is InChI=1S/C7H10N2O2S/c1-3-11-8-7(10)6-4-12-9-5(6)2/h4H,3H2,1-2H3,(H,8,10). The first-order valence-electron chi connectivity index (χ1n) is 3.58. The lowest BCUT2D eigenvalue weighted by molar-refractivity contribution is 0.0364. The molecule has 0 aliphatic rings. The van der Waals surface area contributed by atoms with Crippen LogP contribution in [0.25, 0.3) is 0 Å². The van der Waals surface area contributed by atoms with Crippen molar-refractivity contribution in [2.24, 2.45) is 0 Å². The Morgan fingerprint density at radius 2 is 2.58 bits per heavy atom. The minimum absolute atomic E-state index is 0.233. The maximum atomic E-state index is 11.2. The molecule has 12 heavy (non-hydrogen) atoms. The number of hydroxylamine groups is 1. The number of carbonyl (C=O) groups excluding carboxylic acids is 1. The summed E-state index contributed by atoms with van der Waals surface area (Å²) < 4.78 is 3.97. The third kappa shape index (κ3) is 2.02. The molecule has 4 nitrogen and oxygen atoms in total. The van der Waals surface area contributed by atoms with Crippen LogP contribution in [0.15, 0.2) is 5.38 Å². The molecule has 0 spiro atoms. The predicted octanol–water partition coefficient (Wildman–Crippen LogP) is 1.13. The fourth-order valence-corrected chi connectivity index (χ4v) is 1.40. The molecule has 1 heterocycles. The third-order valence-corrected chi connectivity index (χ3v) is 2.02. The Balaban J connectivity index is 2.59. The highest BCUT2D eigenvalue weighted by atomic mass is 32.1. The van der Waals surface area contributed by atoms with Gasteiger partial charge in [-0.05, 0) is 25.4 Å². The molecule has 5 heteroatoms. The Kier molecular flexibility index (Phi) is 3.19. The number of nitrogens with one attached hydrogen (secondary N) is 1. The van der Waals surface area contributed by atoms with Gasteiger partial charge in [-0.2, -0.15) is 4.37 Å². The monoisotopic (exact) mass is 186 g/mol. The van der Waals surface area contributed by atoms with Crippen LogP contribution in [-0.2, 0) is 4.84 Å². The van der Waals surface area contributed by atoms with Crippen LogP contribution in [0.4, 0.5) is 0 Å². The van der Waals surface area contributed by atoms with E-state index in [0.29, 0.717) is 12.2 Å². The van der Waals surface area contributed by atoms with Crippen molar-refractivity contribution in [2.75, 3.05) is 6.61 Å². The Bertz CT molecular complexity index is 272. The fourth-order valence-electron chi connectivity index (χ4n) is 0.703. The van der Waals surface area contributed by atoms with Crippen molar-refractivity contribution in [3.63, 3.8) is 0 Å². The summed E-state index contributed by atoms with van der Waals surface area (Å²) in [6, 6.07) is 0. The Morgan fingerprint density at radius 3 is 3.08 bits per heavy atom. The van der Waals surface area contributed by atoms with Gasteiger partial charge in [0.15, 0.2) is 0 Å². The van der Waals surface area contributed by atoms with Crippen molar-refractivity contribution in [3.05, 3.63) is 16.6 Å². The second-order valence-electron chi connectivity index (χ2n) is 2.18. The normalized spacial score (nSPS) is 9.83. The minimum Gasteiger partial charge on any atom is -0.274 e. The van der Waals surface area contributed by atoms with Crippen molar-refractivity contribution >= 4 is 17.4 Å². The van der Waals surface area contributed by atoms with E-state index >= 15 is 0 Å². The molecule has 0 unspecified atom stereocenters. The predicted molar refractivity (Wildman–Crippen MR) is 45.9 cm³/mol. The van der Waals surface area contributed by atoms with Gasteiger partial charge in [-0.3, -0.25) is 9.63 Å². The molecule has 0 aliphatic heterocycles. The molecular formula is C7H10N2O2S. The van der Waals surface area contributed by atoms with Crippen LogP contribution in [0.1, 0.15) is 23.0 Å². The third-order valence-electron chi connectivity index (χ3n) is 1.30. The summed E-state index contributed by atoms with van der Waals surface area (Å²) in [5, 5.41) is 1.70. The lowest BCUT2D eigenvalue weighted by Crippen LogP contribution is -2.23. The Morgan fingerprint density at radius 1 is 1.83 bits per heavy atom. The summed E-state index contributed by atoms with van der Waals surface area (Å²) in [7, 11) is 0. The molecule has 0 aliphatic carbocycles. The van der Waals surface area contributed by atoms with Crippen LogP contribution in [0.5, 0.6) is 0 Å². The molecule has 0 saturated heterocycles. The van der Waals surface area contributed by atoms with Gasteiger partial charge < -0.3 is 0 Å². The van der Waals surface area contributed by atoms with E-state index in [1.165, 1.54) is 11.5 Å². The van der Waals surface area contributed by atoms with Crippen LogP contribution in [0.2, 0.25) is 0 Å². The average Bonchev–Trinajstić information content (AvgIpc) is 2.47. The summed E-state index contributed by atoms with van der Waals surface area (Å²) >= 11 is 1.26. The molecule has 1 aromatic heterocycles. The van der Waals surface area contributed by atoms with Gasteiger partial charge in [0.05, 0.1) is 17.9 Å². The van der Waals surface area contributed by atoms with Gasteiger partial charge in [0.25, 0.3) is 5.91 Å². The molecule has 1 rings (SSSR count). The van der Waals surface area contributed by atoms with Gasteiger partial charge in [-0.25, -0.2) is 5.48 Å². The number of aryl methyl sites for hydroxylation is 1. The number of hydrogen-bond donors (Lipinski definition) is 1. The molecular weight excluding hydrogens is 176 g/mol. The van der Waals surface area contributed by atoms with Crippen LogP contribution in [0.3, 0.4) is 0 Å². The first-order valence-corrected chi connectivity index (χ1v) is 4.42. The minimum atomic E-state index is -0.233. The van der Waals surface area contributed by atoms with Crippen molar-refractivity contribution in [2.45, 2.75) is 13.8 Å². The first kappa shape index (κ1) is 9.15. The second kappa shape index (κ2) is 4.18. The van der Waals surface area contributed by atoms with Crippen molar-refractivity contribution in [1.29, 1.82) is 0 Å². The Labute approximate surface area is 74.7 Å². The van der Waals surface area contributed by atoms with Gasteiger partial charge in [0.1, 0.15) is 0 Å². The quantitative estimate of drug-likeness (QED) is 0.720. The van der Waals surface area contributed by atoms with Gasteiger partial charge in [0.2, 0.25) is 0 Å². The molecule has 1 aromatic rings. The molecule has 0 radical (unpaired) electrons. The van der Waals surface area contributed by atoms with Gasteiger partial charge in [-0.1, -0.05) is 0 Å². The van der Waals surface area contributed by atoms with E-state index in [0.717, 1.165) is 5.69 Å². The van der Waals surface area contributed by atoms with E-state index in [9.17, 15) is 4.79 Å². The number of aromatic nitrogens is 1. The first-order chi connectivity index (χ1) is 5.75. The lowest BCUT2D eigenvalue weighted by Gasteiger charge is -2.01. The topological polar surface area (TPSA) is 51.2 Å². The van der Waals surface area contributed by atoms with Crippen LogP contribution < -0.4 is 5.48 Å². The zero-order chi connectivity index (χ0) is 8.97. The van der Waals surface area contributed by atoms with Gasteiger partial charge >= 0.3 is 0 Å². The number of rotatable bonds is 3. The molecule has 0 fully saturated rings. The van der Waals surface area contributed by atoms with Crippen molar-refractivity contribution in [3.8, 4) is 0 Å². The van der Waals surface area contributed by atoms with Crippen LogP contribution in [-0.4, -0.2) is 16.9 Å². The molecule has 0 saturated carbocycles. The van der Waals surface area contributed by atoms with Crippen molar-refractivity contribution < 1.29 is 9.63 Å². The Hall–Kier alpha value is -0.940. The summed E-state index contributed by atoms with van der Waals surface area (Å²) in [5.41, 5.74) is 3.61. The number of hydrogen-bond acceptors (Lipinski definition) is 4. The zero-order valence-electron chi connectivity index (χ0n) is 6.96. The van der Waals surface area contributed by atoms with E-state index in [1.807, 2.05) is 0 Å². The maximum Gasteiger partial charge on any atom is 0.277 e. The molecule has 1 N–H and O–H groups in total. The zero-order valence-corrected chi connectivity index (χ0v) is 7.77. The van der Waals surface area contributed by atoms with E-state index in [-0.39, 0.29) is 5.91 Å². The summed E-state index contributed by atoms with van der Waals surface area (Å²) in [6.07, 6.45) is 0. The van der Waals surface area contributed by atoms with Crippen LogP contribution >= 0.6 is 11.5 Å². The number of amides is 1. The molecule has 0 bridgehead atoms. The SMILES string of the molecule is CCONC(=O)c1csnc1C. The molecule has 0 aromatic carbocycles. The lowest BCUT2D eigenvalue weighted by atomic mass is 10.3. The van der Waals surface area contributed by atoms with E-state index in [1.54, 1.807) is 19.2 Å². The van der Waals surface area contributed by atoms with Gasteiger partial charge in [0, 0.05) is 5.38 Å². The molecule has 1 amide bonds. The number of carbonyl (C=O) groups is 1. The summed E-state index contributed by atoms with van der Waals surface area (Å²) in [5.74, 6) is -0.233. The number of nitrogens with zero attached hydrogens (tertiary/aromatic N) is 1. The average molecular weight is 186 g/mol. The highest BCUT2D eigenvalue weighted by Crippen LogP contribution is 2.08. The largest absolute Gasteiger partial charge is 0.277 e. The highest BCUT2D eigenvalue weighted by Gasteiger charge is 2.09. The second-order valence-corrected chi connectivity index (χ2v) is 2.81. The van der Waals surface area contributed by atoms with Crippen molar-refractivity contribution in [1.82, 2.24) is 9.85 Å². The smallest absolute Gasteiger partial charge is 0.274 e. The molecule has 66 valence electrons.